The van der Waals surface area contributed by atoms with E-state index in [0.29, 0.717) is 17.8 Å². The number of hydrogen-bond donors (Lipinski definition) is 1. The fourth-order valence-electron chi connectivity index (χ4n) is 3.46. The third-order valence-electron chi connectivity index (χ3n) is 4.54. The molecule has 0 amide bonds. The molecular weight excluding hydrogens is 196 g/mol. The molecule has 0 aromatic carbocycles. The van der Waals surface area contributed by atoms with E-state index >= 15 is 0 Å². The molecule has 4 atom stereocenters. The smallest absolute Gasteiger partial charge is 0.0761 e. The van der Waals surface area contributed by atoms with E-state index in [4.69, 9.17) is 0 Å². The van der Waals surface area contributed by atoms with E-state index in [1.54, 1.807) is 5.57 Å². The van der Waals surface area contributed by atoms with Crippen LogP contribution in [0.5, 0.6) is 0 Å². The van der Waals surface area contributed by atoms with Crippen molar-refractivity contribution in [3.8, 4) is 0 Å². The highest BCUT2D eigenvalue weighted by atomic mass is 16.3. The van der Waals surface area contributed by atoms with Gasteiger partial charge in [-0.25, -0.2) is 0 Å². The maximum Gasteiger partial charge on any atom is 0.0761 e. The second kappa shape index (κ2) is 4.37. The van der Waals surface area contributed by atoms with Crippen LogP contribution in [0.3, 0.4) is 0 Å². The minimum Gasteiger partial charge on any atom is -0.389 e. The second-order valence-electron chi connectivity index (χ2n) is 5.86. The maximum absolute atomic E-state index is 10.1. The molecule has 0 aliphatic heterocycles. The Labute approximate surface area is 99.3 Å². The van der Waals surface area contributed by atoms with Crippen LogP contribution in [0.2, 0.25) is 0 Å². The molecule has 90 valence electrons. The van der Waals surface area contributed by atoms with E-state index in [9.17, 15) is 5.11 Å². The van der Waals surface area contributed by atoms with Gasteiger partial charge in [-0.1, -0.05) is 31.6 Å². The van der Waals surface area contributed by atoms with Crippen LogP contribution in [0.25, 0.3) is 0 Å². The fourth-order valence-corrected chi connectivity index (χ4v) is 3.46. The molecule has 2 rings (SSSR count). The Kier molecular flexibility index (Phi) is 3.25. The van der Waals surface area contributed by atoms with Gasteiger partial charge in [0.1, 0.15) is 0 Å². The molecule has 1 nitrogen and oxygen atoms in total. The summed E-state index contributed by atoms with van der Waals surface area (Å²) in [5, 5.41) is 10.1. The Hall–Kier alpha value is -0.560. The van der Waals surface area contributed by atoms with Crippen LogP contribution in [0.15, 0.2) is 23.3 Å². The lowest BCUT2D eigenvalue weighted by atomic mass is 9.87. The predicted molar refractivity (Wildman–Crippen MR) is 68.1 cm³/mol. The summed E-state index contributed by atoms with van der Waals surface area (Å²) in [6.45, 7) is 10.8. The fraction of sp³-hybridized carbons (Fsp3) is 0.733. The Balaban J connectivity index is 2.29. The topological polar surface area (TPSA) is 20.2 Å². The minimum absolute atomic E-state index is 0.163. The summed E-state index contributed by atoms with van der Waals surface area (Å²) in [4.78, 5) is 0. The Morgan fingerprint density at radius 3 is 2.56 bits per heavy atom. The molecule has 0 saturated heterocycles. The van der Waals surface area contributed by atoms with Gasteiger partial charge in [0.15, 0.2) is 0 Å². The van der Waals surface area contributed by atoms with Crippen LogP contribution in [0, 0.1) is 17.8 Å². The van der Waals surface area contributed by atoms with Crippen molar-refractivity contribution in [3.63, 3.8) is 0 Å². The normalized spacial score (nSPS) is 39.5. The van der Waals surface area contributed by atoms with Gasteiger partial charge < -0.3 is 5.11 Å². The summed E-state index contributed by atoms with van der Waals surface area (Å²) >= 11 is 0. The summed E-state index contributed by atoms with van der Waals surface area (Å²) in [6, 6.07) is 0. The number of allylic oxidation sites excluding steroid dienone is 2. The summed E-state index contributed by atoms with van der Waals surface area (Å²) < 4.78 is 0. The van der Waals surface area contributed by atoms with Crippen LogP contribution < -0.4 is 0 Å². The van der Waals surface area contributed by atoms with E-state index in [2.05, 4.69) is 27.4 Å². The van der Waals surface area contributed by atoms with Crippen molar-refractivity contribution in [1.29, 1.82) is 0 Å². The lowest BCUT2D eigenvalue weighted by molar-refractivity contribution is 0.189. The van der Waals surface area contributed by atoms with Gasteiger partial charge in [-0.2, -0.15) is 0 Å². The van der Waals surface area contributed by atoms with Crippen molar-refractivity contribution in [2.45, 2.75) is 52.6 Å². The quantitative estimate of drug-likeness (QED) is 0.668. The molecule has 0 bridgehead atoms. The number of aliphatic hydroxyl groups is 1. The van der Waals surface area contributed by atoms with Crippen molar-refractivity contribution >= 4 is 0 Å². The van der Waals surface area contributed by atoms with Crippen LogP contribution in [0.1, 0.15) is 46.5 Å². The highest BCUT2D eigenvalue weighted by Crippen LogP contribution is 2.45. The molecule has 2 aliphatic carbocycles. The van der Waals surface area contributed by atoms with E-state index in [0.717, 1.165) is 12.8 Å². The third-order valence-corrected chi connectivity index (χ3v) is 4.54. The molecule has 16 heavy (non-hydrogen) atoms. The van der Waals surface area contributed by atoms with Gasteiger partial charge in [-0.3, -0.25) is 0 Å². The Morgan fingerprint density at radius 2 is 1.94 bits per heavy atom. The molecule has 1 N–H and O–H groups in total. The van der Waals surface area contributed by atoms with Crippen LogP contribution in [-0.4, -0.2) is 11.2 Å². The minimum atomic E-state index is -0.163. The summed E-state index contributed by atoms with van der Waals surface area (Å²) in [5.41, 5.74) is 4.23. The first kappa shape index (κ1) is 11.9. The van der Waals surface area contributed by atoms with Gasteiger partial charge in [-0.15, -0.1) is 0 Å². The average Bonchev–Trinajstić information content (AvgIpc) is 2.39. The molecule has 0 radical (unpaired) electrons. The first-order valence-electron chi connectivity index (χ1n) is 6.57. The standard InChI is InChI=1S/C15H24O/c1-9(2)12-6-5-10(3)15-13(8-12)11(4)7-14(15)16/h10-12,14,16H,1,5-8H2,2-4H3/t10-,11-,12+,14-/m0/s1. The van der Waals surface area contributed by atoms with Crippen molar-refractivity contribution in [1.82, 2.24) is 0 Å². The first-order valence-corrected chi connectivity index (χ1v) is 6.57. The monoisotopic (exact) mass is 220 g/mol. The first-order chi connectivity index (χ1) is 7.50. The van der Waals surface area contributed by atoms with Crippen molar-refractivity contribution < 1.29 is 5.11 Å². The second-order valence-corrected chi connectivity index (χ2v) is 5.86. The molecular formula is C15H24O. The molecule has 0 aromatic heterocycles. The molecule has 0 spiro atoms. The lowest BCUT2D eigenvalue weighted by Gasteiger charge is -2.18. The van der Waals surface area contributed by atoms with Gasteiger partial charge in [0.2, 0.25) is 0 Å². The lowest BCUT2D eigenvalue weighted by Crippen LogP contribution is -2.12. The van der Waals surface area contributed by atoms with Gasteiger partial charge >= 0.3 is 0 Å². The van der Waals surface area contributed by atoms with E-state index in [1.807, 2.05) is 0 Å². The molecule has 0 fully saturated rings. The van der Waals surface area contributed by atoms with Gasteiger partial charge in [-0.05, 0) is 55.9 Å². The highest BCUT2D eigenvalue weighted by Gasteiger charge is 2.35. The number of aliphatic hydroxyl groups excluding tert-OH is 1. The van der Waals surface area contributed by atoms with Crippen LogP contribution >= 0.6 is 0 Å². The van der Waals surface area contributed by atoms with Crippen molar-refractivity contribution in [2.24, 2.45) is 17.8 Å². The molecule has 0 heterocycles. The molecule has 0 aromatic rings. The third kappa shape index (κ3) is 1.98. The van der Waals surface area contributed by atoms with Crippen LogP contribution in [-0.2, 0) is 0 Å². The summed E-state index contributed by atoms with van der Waals surface area (Å²) in [6.07, 6.45) is 4.37. The average molecular weight is 220 g/mol. The summed E-state index contributed by atoms with van der Waals surface area (Å²) in [7, 11) is 0. The molecule has 0 saturated carbocycles. The molecule has 1 heteroatoms. The largest absolute Gasteiger partial charge is 0.389 e. The van der Waals surface area contributed by atoms with Crippen LogP contribution in [0.4, 0.5) is 0 Å². The number of rotatable bonds is 1. The Bertz CT molecular complexity index is 326. The highest BCUT2D eigenvalue weighted by molar-refractivity contribution is 5.31. The van der Waals surface area contributed by atoms with Gasteiger partial charge in [0.25, 0.3) is 0 Å². The predicted octanol–water partition coefficient (Wildman–Crippen LogP) is 3.70. The van der Waals surface area contributed by atoms with Crippen molar-refractivity contribution in [2.75, 3.05) is 0 Å². The van der Waals surface area contributed by atoms with E-state index in [1.165, 1.54) is 24.0 Å². The zero-order valence-electron chi connectivity index (χ0n) is 10.8. The number of hydrogen-bond acceptors (Lipinski definition) is 1. The zero-order chi connectivity index (χ0) is 11.9. The molecule has 2 aliphatic rings. The van der Waals surface area contributed by atoms with Gasteiger partial charge in [0.05, 0.1) is 6.10 Å². The maximum atomic E-state index is 10.1. The Morgan fingerprint density at radius 1 is 1.25 bits per heavy atom. The van der Waals surface area contributed by atoms with E-state index < -0.39 is 0 Å². The zero-order valence-corrected chi connectivity index (χ0v) is 10.8. The summed E-state index contributed by atoms with van der Waals surface area (Å²) in [5.74, 6) is 1.79. The van der Waals surface area contributed by atoms with Crippen molar-refractivity contribution in [3.05, 3.63) is 23.3 Å². The SMILES string of the molecule is C=C(C)[C@@H]1CC[C@H](C)C2=C(C1)[C@@H](C)C[C@@H]2O. The van der Waals surface area contributed by atoms with Gasteiger partial charge in [0, 0.05) is 0 Å². The van der Waals surface area contributed by atoms with E-state index in [-0.39, 0.29) is 6.10 Å². The molecule has 0 unspecified atom stereocenters.